The average Bonchev–Trinajstić information content (AvgIpc) is 2.48. The first-order valence-electron chi connectivity index (χ1n) is 5.96. The lowest BCUT2D eigenvalue weighted by atomic mass is 10.2. The van der Waals surface area contributed by atoms with E-state index < -0.39 is 5.97 Å². The Bertz CT molecular complexity index is 611. The van der Waals surface area contributed by atoms with Gasteiger partial charge in [0.1, 0.15) is 12.4 Å². The molecule has 0 spiro atoms. The number of carbonyl (C=O) groups excluding carboxylic acids is 1. The van der Waals surface area contributed by atoms with Gasteiger partial charge in [0.15, 0.2) is 0 Å². The second kappa shape index (κ2) is 6.30. The van der Waals surface area contributed by atoms with Crippen LogP contribution >= 0.6 is 11.6 Å². The Labute approximate surface area is 122 Å². The standard InChI is InChI=1S/C15H14ClNO3/c1-19-11-7-5-10(6-8-11)9-20-15(18)12-3-2-4-13(16)14(12)17/h2-8H,9,17H2,1H3. The Morgan fingerprint density at radius 2 is 1.90 bits per heavy atom. The Morgan fingerprint density at radius 1 is 1.20 bits per heavy atom. The SMILES string of the molecule is COc1ccc(COC(=O)c2cccc(Cl)c2N)cc1. The maximum absolute atomic E-state index is 11.9. The summed E-state index contributed by atoms with van der Waals surface area (Å²) in [7, 11) is 1.59. The lowest BCUT2D eigenvalue weighted by Gasteiger charge is -2.08. The topological polar surface area (TPSA) is 61.5 Å². The highest BCUT2D eigenvalue weighted by atomic mass is 35.5. The van der Waals surface area contributed by atoms with Gasteiger partial charge in [-0.15, -0.1) is 0 Å². The molecule has 0 aliphatic rings. The minimum absolute atomic E-state index is 0.161. The van der Waals surface area contributed by atoms with Crippen LogP contribution in [0.4, 0.5) is 5.69 Å². The van der Waals surface area contributed by atoms with Crippen molar-refractivity contribution in [1.29, 1.82) is 0 Å². The molecule has 0 aliphatic carbocycles. The fourth-order valence-corrected chi connectivity index (χ4v) is 1.84. The summed E-state index contributed by atoms with van der Waals surface area (Å²) in [5.74, 6) is 0.250. The van der Waals surface area contributed by atoms with Gasteiger partial charge in [0.2, 0.25) is 0 Å². The summed E-state index contributed by atoms with van der Waals surface area (Å²) in [5.41, 5.74) is 7.10. The third kappa shape index (κ3) is 3.22. The predicted octanol–water partition coefficient (Wildman–Crippen LogP) is 3.29. The Kier molecular flexibility index (Phi) is 4.48. The van der Waals surface area contributed by atoms with E-state index in [1.54, 1.807) is 37.4 Å². The van der Waals surface area contributed by atoms with Crippen LogP contribution in [-0.2, 0) is 11.3 Å². The van der Waals surface area contributed by atoms with Crippen molar-refractivity contribution in [3.05, 3.63) is 58.6 Å². The molecular formula is C15H14ClNO3. The second-order valence-electron chi connectivity index (χ2n) is 4.13. The largest absolute Gasteiger partial charge is 0.497 e. The lowest BCUT2D eigenvalue weighted by Crippen LogP contribution is -2.08. The van der Waals surface area contributed by atoms with E-state index in [9.17, 15) is 4.79 Å². The molecule has 0 heterocycles. The number of anilines is 1. The molecule has 20 heavy (non-hydrogen) atoms. The third-order valence-electron chi connectivity index (χ3n) is 2.80. The number of rotatable bonds is 4. The first-order valence-corrected chi connectivity index (χ1v) is 6.33. The van der Waals surface area contributed by atoms with Crippen LogP contribution in [0.25, 0.3) is 0 Å². The van der Waals surface area contributed by atoms with Gasteiger partial charge in [-0.3, -0.25) is 0 Å². The zero-order chi connectivity index (χ0) is 14.5. The summed E-state index contributed by atoms with van der Waals surface area (Å²) >= 11 is 5.86. The summed E-state index contributed by atoms with van der Waals surface area (Å²) in [5, 5.41) is 0.337. The van der Waals surface area contributed by atoms with Crippen molar-refractivity contribution in [2.45, 2.75) is 6.61 Å². The zero-order valence-corrected chi connectivity index (χ0v) is 11.7. The van der Waals surface area contributed by atoms with Gasteiger partial charge in [-0.05, 0) is 29.8 Å². The average molecular weight is 292 g/mol. The number of hydrogen-bond acceptors (Lipinski definition) is 4. The minimum Gasteiger partial charge on any atom is -0.497 e. The zero-order valence-electron chi connectivity index (χ0n) is 10.9. The van der Waals surface area contributed by atoms with Crippen molar-refractivity contribution in [2.75, 3.05) is 12.8 Å². The van der Waals surface area contributed by atoms with Crippen LogP contribution in [0.5, 0.6) is 5.75 Å². The maximum atomic E-state index is 11.9. The number of ether oxygens (including phenoxy) is 2. The summed E-state index contributed by atoms with van der Waals surface area (Å²) in [6.07, 6.45) is 0. The van der Waals surface area contributed by atoms with E-state index in [1.165, 1.54) is 0 Å². The summed E-state index contributed by atoms with van der Waals surface area (Å²) in [6, 6.07) is 12.1. The van der Waals surface area contributed by atoms with Gasteiger partial charge in [0, 0.05) is 0 Å². The highest BCUT2D eigenvalue weighted by Gasteiger charge is 2.13. The summed E-state index contributed by atoms with van der Waals surface area (Å²) in [6.45, 7) is 0.161. The molecule has 0 radical (unpaired) electrons. The van der Waals surface area contributed by atoms with Crippen molar-refractivity contribution >= 4 is 23.3 Å². The first-order chi connectivity index (χ1) is 9.61. The van der Waals surface area contributed by atoms with Crippen molar-refractivity contribution in [3.63, 3.8) is 0 Å². The number of esters is 1. The smallest absolute Gasteiger partial charge is 0.340 e. The van der Waals surface area contributed by atoms with E-state index >= 15 is 0 Å². The van der Waals surface area contributed by atoms with Crippen LogP contribution in [-0.4, -0.2) is 13.1 Å². The van der Waals surface area contributed by atoms with Gasteiger partial charge < -0.3 is 15.2 Å². The molecule has 2 aromatic rings. The molecule has 0 atom stereocenters. The molecule has 2 aromatic carbocycles. The summed E-state index contributed by atoms with van der Waals surface area (Å²) in [4.78, 5) is 11.9. The monoisotopic (exact) mass is 291 g/mol. The molecule has 4 nitrogen and oxygen atoms in total. The molecule has 0 bridgehead atoms. The van der Waals surface area contributed by atoms with Crippen molar-refractivity contribution in [1.82, 2.24) is 0 Å². The van der Waals surface area contributed by atoms with Crippen LogP contribution in [0.3, 0.4) is 0 Å². The van der Waals surface area contributed by atoms with Crippen LogP contribution in [0.1, 0.15) is 15.9 Å². The molecule has 0 aromatic heterocycles. The van der Waals surface area contributed by atoms with Gasteiger partial charge in [-0.2, -0.15) is 0 Å². The van der Waals surface area contributed by atoms with Gasteiger partial charge in [-0.1, -0.05) is 29.8 Å². The van der Waals surface area contributed by atoms with Crippen LogP contribution in [0, 0.1) is 0 Å². The molecule has 0 saturated heterocycles. The maximum Gasteiger partial charge on any atom is 0.340 e. The fraction of sp³-hybridized carbons (Fsp3) is 0.133. The van der Waals surface area contributed by atoms with Crippen molar-refractivity contribution in [3.8, 4) is 5.75 Å². The van der Waals surface area contributed by atoms with Crippen LogP contribution < -0.4 is 10.5 Å². The molecule has 0 saturated carbocycles. The number of benzene rings is 2. The Morgan fingerprint density at radius 3 is 2.55 bits per heavy atom. The highest BCUT2D eigenvalue weighted by molar-refractivity contribution is 6.33. The molecule has 104 valence electrons. The third-order valence-corrected chi connectivity index (χ3v) is 3.13. The second-order valence-corrected chi connectivity index (χ2v) is 4.53. The number of nitrogen functional groups attached to an aromatic ring is 1. The molecule has 2 N–H and O–H groups in total. The fourth-order valence-electron chi connectivity index (χ4n) is 1.66. The van der Waals surface area contributed by atoms with Gasteiger partial charge in [0.25, 0.3) is 0 Å². The van der Waals surface area contributed by atoms with Gasteiger partial charge in [-0.25, -0.2) is 4.79 Å². The number of methoxy groups -OCH3 is 1. The van der Waals surface area contributed by atoms with Crippen molar-refractivity contribution < 1.29 is 14.3 Å². The number of para-hydroxylation sites is 1. The first kappa shape index (κ1) is 14.2. The molecule has 5 heteroatoms. The predicted molar refractivity (Wildman–Crippen MR) is 78.0 cm³/mol. The van der Waals surface area contributed by atoms with Crippen molar-refractivity contribution in [2.24, 2.45) is 0 Å². The van der Waals surface area contributed by atoms with E-state index in [4.69, 9.17) is 26.8 Å². The Hall–Kier alpha value is -2.20. The molecule has 0 amide bonds. The quantitative estimate of drug-likeness (QED) is 0.693. The van der Waals surface area contributed by atoms with E-state index in [0.29, 0.717) is 5.02 Å². The molecule has 0 aliphatic heterocycles. The van der Waals surface area contributed by atoms with Crippen LogP contribution in [0.2, 0.25) is 5.02 Å². The van der Waals surface area contributed by atoms with Gasteiger partial charge in [0.05, 0.1) is 23.4 Å². The van der Waals surface area contributed by atoms with E-state index in [0.717, 1.165) is 11.3 Å². The highest BCUT2D eigenvalue weighted by Crippen LogP contribution is 2.23. The summed E-state index contributed by atoms with van der Waals surface area (Å²) < 4.78 is 10.3. The molecular weight excluding hydrogens is 278 g/mol. The van der Waals surface area contributed by atoms with Gasteiger partial charge >= 0.3 is 5.97 Å². The number of halogens is 1. The lowest BCUT2D eigenvalue weighted by molar-refractivity contribution is 0.0474. The minimum atomic E-state index is -0.499. The molecule has 2 rings (SSSR count). The molecule has 0 unspecified atom stereocenters. The normalized spacial score (nSPS) is 10.1. The number of nitrogens with two attached hydrogens (primary N) is 1. The van der Waals surface area contributed by atoms with E-state index in [-0.39, 0.29) is 17.9 Å². The Balaban J connectivity index is 2.02. The molecule has 0 fully saturated rings. The number of carbonyl (C=O) groups is 1. The number of hydrogen-bond donors (Lipinski definition) is 1. The van der Waals surface area contributed by atoms with E-state index in [2.05, 4.69) is 0 Å². The van der Waals surface area contributed by atoms with Crippen LogP contribution in [0.15, 0.2) is 42.5 Å². The van der Waals surface area contributed by atoms with E-state index in [1.807, 2.05) is 12.1 Å².